The number of nitrogens with zero attached hydrogens (tertiary/aromatic N) is 6. The van der Waals surface area contributed by atoms with Crippen molar-refractivity contribution in [2.75, 3.05) is 5.32 Å². The van der Waals surface area contributed by atoms with E-state index in [0.29, 0.717) is 28.7 Å². The minimum atomic E-state index is -0.329. The molecule has 1 amide bonds. The Morgan fingerprint density at radius 1 is 1.00 bits per heavy atom. The zero-order chi connectivity index (χ0) is 18.6. The fourth-order valence-electron chi connectivity index (χ4n) is 2.52. The molecular formula is C19H15N7O. The normalized spacial score (nSPS) is 10.6. The number of carbonyl (C=O) groups excluding carboxylic acids is 1. The fraction of sp³-hybridized carbons (Fsp3) is 0.0526. The lowest BCUT2D eigenvalue weighted by Crippen LogP contribution is -2.18. The molecule has 0 aromatic carbocycles. The van der Waals surface area contributed by atoms with Crippen molar-refractivity contribution in [3.63, 3.8) is 0 Å². The van der Waals surface area contributed by atoms with Crippen molar-refractivity contribution in [1.29, 1.82) is 0 Å². The number of pyridine rings is 2. The third-order valence-electron chi connectivity index (χ3n) is 3.86. The number of rotatable bonds is 4. The SMILES string of the molecule is Cc1cnc(-c2ccccn2)nc1NC(=O)c1ccnn1-c1cccnc1. The van der Waals surface area contributed by atoms with Crippen molar-refractivity contribution >= 4 is 11.7 Å². The number of aryl methyl sites for hydroxylation is 1. The maximum Gasteiger partial charge on any atom is 0.275 e. The van der Waals surface area contributed by atoms with Crippen LogP contribution in [0.15, 0.2) is 67.4 Å². The molecule has 8 nitrogen and oxygen atoms in total. The maximum atomic E-state index is 12.8. The first kappa shape index (κ1) is 16.5. The molecule has 8 heteroatoms. The van der Waals surface area contributed by atoms with E-state index < -0.39 is 0 Å². The average Bonchev–Trinajstić information content (AvgIpc) is 3.21. The van der Waals surface area contributed by atoms with Crippen LogP contribution in [0.4, 0.5) is 5.82 Å². The second kappa shape index (κ2) is 7.12. The molecule has 4 rings (SSSR count). The van der Waals surface area contributed by atoms with Crippen LogP contribution in [0.5, 0.6) is 0 Å². The van der Waals surface area contributed by atoms with E-state index in [2.05, 4.69) is 30.4 Å². The van der Waals surface area contributed by atoms with Crippen molar-refractivity contribution in [2.24, 2.45) is 0 Å². The minimum Gasteiger partial charge on any atom is -0.305 e. The number of hydrogen-bond donors (Lipinski definition) is 1. The first-order chi connectivity index (χ1) is 13.2. The van der Waals surface area contributed by atoms with Crippen LogP contribution < -0.4 is 5.32 Å². The summed E-state index contributed by atoms with van der Waals surface area (Å²) in [5, 5.41) is 7.04. The summed E-state index contributed by atoms with van der Waals surface area (Å²) in [4.78, 5) is 29.8. The fourth-order valence-corrected chi connectivity index (χ4v) is 2.52. The number of hydrogen-bond acceptors (Lipinski definition) is 6. The molecule has 0 aliphatic heterocycles. The Hall–Kier alpha value is -3.94. The van der Waals surface area contributed by atoms with Crippen molar-refractivity contribution in [2.45, 2.75) is 6.92 Å². The molecule has 1 N–H and O–H groups in total. The van der Waals surface area contributed by atoms with Gasteiger partial charge < -0.3 is 5.32 Å². The molecular weight excluding hydrogens is 342 g/mol. The lowest BCUT2D eigenvalue weighted by atomic mass is 10.3. The number of aromatic nitrogens is 6. The molecule has 0 aliphatic rings. The number of amides is 1. The van der Waals surface area contributed by atoms with E-state index in [4.69, 9.17) is 0 Å². The highest BCUT2D eigenvalue weighted by Crippen LogP contribution is 2.18. The molecule has 0 saturated heterocycles. The molecule has 4 aromatic rings. The van der Waals surface area contributed by atoms with E-state index in [9.17, 15) is 4.79 Å². The molecule has 132 valence electrons. The second-order valence-electron chi connectivity index (χ2n) is 5.73. The van der Waals surface area contributed by atoms with Gasteiger partial charge in [0.1, 0.15) is 17.2 Å². The van der Waals surface area contributed by atoms with Gasteiger partial charge in [-0.15, -0.1) is 0 Å². The third-order valence-corrected chi connectivity index (χ3v) is 3.86. The van der Waals surface area contributed by atoms with Gasteiger partial charge in [-0.1, -0.05) is 6.07 Å². The first-order valence-corrected chi connectivity index (χ1v) is 8.23. The molecule has 0 spiro atoms. The molecule has 0 radical (unpaired) electrons. The summed E-state index contributed by atoms with van der Waals surface area (Å²) in [5.74, 6) is 0.539. The highest BCUT2D eigenvalue weighted by atomic mass is 16.2. The van der Waals surface area contributed by atoms with Crippen LogP contribution in [0.1, 0.15) is 16.1 Å². The Labute approximate surface area is 155 Å². The van der Waals surface area contributed by atoms with Gasteiger partial charge in [-0.05, 0) is 37.3 Å². The third kappa shape index (κ3) is 3.40. The van der Waals surface area contributed by atoms with E-state index >= 15 is 0 Å². The largest absolute Gasteiger partial charge is 0.305 e. The van der Waals surface area contributed by atoms with Gasteiger partial charge in [-0.2, -0.15) is 5.10 Å². The second-order valence-corrected chi connectivity index (χ2v) is 5.73. The smallest absolute Gasteiger partial charge is 0.275 e. The van der Waals surface area contributed by atoms with Crippen molar-refractivity contribution in [1.82, 2.24) is 29.7 Å². The Balaban J connectivity index is 1.64. The van der Waals surface area contributed by atoms with Gasteiger partial charge in [0.05, 0.1) is 18.1 Å². The number of carbonyl (C=O) groups is 1. The quantitative estimate of drug-likeness (QED) is 0.603. The van der Waals surface area contributed by atoms with Crippen molar-refractivity contribution in [3.05, 3.63) is 78.6 Å². The van der Waals surface area contributed by atoms with Gasteiger partial charge >= 0.3 is 0 Å². The number of nitrogens with one attached hydrogen (secondary N) is 1. The summed E-state index contributed by atoms with van der Waals surface area (Å²) in [5.41, 5.74) is 2.45. The summed E-state index contributed by atoms with van der Waals surface area (Å²) >= 11 is 0. The van der Waals surface area contributed by atoms with Gasteiger partial charge in [0.2, 0.25) is 0 Å². The lowest BCUT2D eigenvalue weighted by molar-refractivity contribution is 0.101. The zero-order valence-corrected chi connectivity index (χ0v) is 14.4. The molecule has 0 aliphatic carbocycles. The summed E-state index contributed by atoms with van der Waals surface area (Å²) in [6, 6.07) is 10.7. The Morgan fingerprint density at radius 2 is 1.93 bits per heavy atom. The molecule has 4 aromatic heterocycles. The van der Waals surface area contributed by atoms with E-state index in [0.717, 1.165) is 5.56 Å². The molecule has 0 atom stereocenters. The number of anilines is 1. The van der Waals surface area contributed by atoms with E-state index in [1.165, 1.54) is 4.68 Å². The molecule has 4 heterocycles. The lowest BCUT2D eigenvalue weighted by Gasteiger charge is -2.10. The van der Waals surface area contributed by atoms with Crippen molar-refractivity contribution in [3.8, 4) is 17.2 Å². The Bertz CT molecular complexity index is 1080. The van der Waals surface area contributed by atoms with Crippen LogP contribution >= 0.6 is 0 Å². The van der Waals surface area contributed by atoms with Gasteiger partial charge in [-0.3, -0.25) is 14.8 Å². The topological polar surface area (TPSA) is 98.5 Å². The summed E-state index contributed by atoms with van der Waals surface area (Å²) in [7, 11) is 0. The predicted molar refractivity (Wildman–Crippen MR) is 99.3 cm³/mol. The van der Waals surface area contributed by atoms with Crippen LogP contribution in [-0.2, 0) is 0 Å². The summed E-state index contributed by atoms with van der Waals surface area (Å²) in [6.45, 7) is 1.83. The summed E-state index contributed by atoms with van der Waals surface area (Å²) in [6.07, 6.45) is 8.19. The average molecular weight is 357 g/mol. The van der Waals surface area contributed by atoms with Crippen molar-refractivity contribution < 1.29 is 4.79 Å². The predicted octanol–water partition coefficient (Wildman–Crippen LogP) is 2.68. The molecule has 27 heavy (non-hydrogen) atoms. The molecule has 0 saturated carbocycles. The summed E-state index contributed by atoms with van der Waals surface area (Å²) < 4.78 is 1.53. The first-order valence-electron chi connectivity index (χ1n) is 8.23. The zero-order valence-electron chi connectivity index (χ0n) is 14.4. The molecule has 0 bridgehead atoms. The van der Waals surface area contributed by atoms with Gasteiger partial charge in [0, 0.05) is 24.2 Å². The molecule has 0 unspecified atom stereocenters. The Kier molecular flexibility index (Phi) is 4.36. The highest BCUT2D eigenvalue weighted by Gasteiger charge is 2.16. The van der Waals surface area contributed by atoms with Crippen LogP contribution in [0, 0.1) is 6.92 Å². The van der Waals surface area contributed by atoms with E-state index in [1.54, 1.807) is 43.1 Å². The van der Waals surface area contributed by atoms with Crippen LogP contribution in [-0.4, -0.2) is 35.6 Å². The minimum absolute atomic E-state index is 0.329. The van der Waals surface area contributed by atoms with Gasteiger partial charge in [0.25, 0.3) is 5.91 Å². The Morgan fingerprint density at radius 3 is 2.70 bits per heavy atom. The standard InChI is InChI=1S/C19H15N7O/c1-13-11-22-18(15-6-2-3-9-21-15)24-17(13)25-19(27)16-7-10-23-26(16)14-5-4-8-20-12-14/h2-12H,1H3,(H,22,24,25,27). The van der Waals surface area contributed by atoms with E-state index in [-0.39, 0.29) is 5.91 Å². The van der Waals surface area contributed by atoms with Crippen LogP contribution in [0.3, 0.4) is 0 Å². The monoisotopic (exact) mass is 357 g/mol. The van der Waals surface area contributed by atoms with Gasteiger partial charge in [0.15, 0.2) is 5.82 Å². The maximum absolute atomic E-state index is 12.8. The highest BCUT2D eigenvalue weighted by molar-refractivity contribution is 6.03. The van der Waals surface area contributed by atoms with E-state index in [1.807, 2.05) is 31.2 Å². The van der Waals surface area contributed by atoms with Crippen LogP contribution in [0.25, 0.3) is 17.2 Å². The van der Waals surface area contributed by atoms with Gasteiger partial charge in [-0.25, -0.2) is 14.6 Å². The molecule has 0 fully saturated rings. The van der Waals surface area contributed by atoms with Crippen LogP contribution in [0.2, 0.25) is 0 Å².